The number of carbonyl (C=O) groups is 1. The van der Waals surface area contributed by atoms with Gasteiger partial charge >= 0.3 is 6.18 Å². The molecule has 2 aromatic carbocycles. The maximum Gasteiger partial charge on any atom is 0.416 e. The van der Waals surface area contributed by atoms with E-state index in [1.807, 2.05) is 6.92 Å². The molecule has 0 N–H and O–H groups in total. The van der Waals surface area contributed by atoms with Crippen LogP contribution in [0.4, 0.5) is 24.8 Å². The monoisotopic (exact) mass is 528 g/mol. The molecule has 0 unspecified atom stereocenters. The Labute approximate surface area is 217 Å². The molecule has 0 saturated carbocycles. The van der Waals surface area contributed by atoms with Gasteiger partial charge in [0.15, 0.2) is 0 Å². The fraction of sp³-hybridized carbons (Fsp3) is 0.296. The summed E-state index contributed by atoms with van der Waals surface area (Å²) < 4.78 is 40.6. The molecule has 0 spiro atoms. The first-order valence-electron chi connectivity index (χ1n) is 11.7. The van der Waals surface area contributed by atoms with Crippen molar-refractivity contribution in [1.29, 1.82) is 0 Å². The first kappa shape index (κ1) is 26.3. The van der Waals surface area contributed by atoms with Gasteiger partial charge in [0.1, 0.15) is 0 Å². The van der Waals surface area contributed by atoms with Gasteiger partial charge in [-0.3, -0.25) is 14.2 Å². The van der Waals surface area contributed by atoms with Crippen LogP contribution in [0.2, 0.25) is 5.02 Å². The molecule has 6 nitrogen and oxygen atoms in total. The first-order valence-corrected chi connectivity index (χ1v) is 12.0. The molecule has 4 rings (SSSR count). The van der Waals surface area contributed by atoms with E-state index in [1.54, 1.807) is 41.0 Å². The van der Waals surface area contributed by atoms with E-state index in [1.165, 1.54) is 16.7 Å². The summed E-state index contributed by atoms with van der Waals surface area (Å²) in [5.74, 6) is 5.73. The summed E-state index contributed by atoms with van der Waals surface area (Å²) in [5.41, 5.74) is 0.807. The lowest BCUT2D eigenvalue weighted by Gasteiger charge is -2.31. The van der Waals surface area contributed by atoms with Crippen molar-refractivity contribution in [2.75, 3.05) is 18.0 Å². The Morgan fingerprint density at radius 2 is 1.81 bits per heavy atom. The van der Waals surface area contributed by atoms with Crippen LogP contribution in [-0.4, -0.2) is 33.4 Å². The van der Waals surface area contributed by atoms with Crippen molar-refractivity contribution in [3.05, 3.63) is 86.3 Å². The summed E-state index contributed by atoms with van der Waals surface area (Å²) >= 11 is 5.93. The zero-order valence-electron chi connectivity index (χ0n) is 20.3. The van der Waals surface area contributed by atoms with Gasteiger partial charge in [-0.25, -0.2) is 4.98 Å². The Bertz CT molecular complexity index is 1420. The van der Waals surface area contributed by atoms with E-state index in [0.717, 1.165) is 12.1 Å². The van der Waals surface area contributed by atoms with Crippen molar-refractivity contribution in [2.45, 2.75) is 39.5 Å². The summed E-state index contributed by atoms with van der Waals surface area (Å²) in [6.07, 6.45) is -4.09. The smallest absolute Gasteiger partial charge is 0.334 e. The summed E-state index contributed by atoms with van der Waals surface area (Å²) in [5, 5.41) is 0.519. The van der Waals surface area contributed by atoms with Gasteiger partial charge in [0.05, 0.1) is 29.9 Å². The van der Waals surface area contributed by atoms with Gasteiger partial charge in [-0.05, 0) is 62.4 Å². The molecule has 10 heteroatoms. The van der Waals surface area contributed by atoms with Crippen LogP contribution in [0.3, 0.4) is 0 Å². The van der Waals surface area contributed by atoms with E-state index < -0.39 is 11.7 Å². The van der Waals surface area contributed by atoms with Crippen molar-refractivity contribution in [2.24, 2.45) is 0 Å². The summed E-state index contributed by atoms with van der Waals surface area (Å²) in [6.45, 7) is 4.34. The number of fused-ring (bicyclic) bond motifs is 1. The molecule has 192 valence electrons. The lowest BCUT2D eigenvalue weighted by Crippen LogP contribution is -2.42. The maximum atomic E-state index is 13.7. The average Bonchev–Trinajstić information content (AvgIpc) is 2.88. The van der Waals surface area contributed by atoms with Crippen molar-refractivity contribution < 1.29 is 18.0 Å². The number of alkyl halides is 3. The molecule has 1 aliphatic rings. The van der Waals surface area contributed by atoms with Gasteiger partial charge in [-0.1, -0.05) is 17.5 Å². The minimum atomic E-state index is -4.45. The van der Waals surface area contributed by atoms with Crippen LogP contribution in [0.15, 0.2) is 53.3 Å². The number of hydrogen-bond donors (Lipinski definition) is 0. The average molecular weight is 529 g/mol. The minimum absolute atomic E-state index is 0.0488. The highest BCUT2D eigenvalue weighted by Gasteiger charge is 2.31. The van der Waals surface area contributed by atoms with Crippen molar-refractivity contribution in [3.8, 4) is 11.8 Å². The predicted octanol–water partition coefficient (Wildman–Crippen LogP) is 5.30. The second-order valence-corrected chi connectivity index (χ2v) is 8.86. The van der Waals surface area contributed by atoms with E-state index in [9.17, 15) is 22.8 Å². The molecule has 3 aromatic rings. The van der Waals surface area contributed by atoms with Crippen LogP contribution >= 0.6 is 11.6 Å². The molecular weight excluding hydrogens is 505 g/mol. The number of amides is 1. The van der Waals surface area contributed by atoms with E-state index in [2.05, 4.69) is 11.8 Å². The van der Waals surface area contributed by atoms with E-state index in [-0.39, 0.29) is 24.6 Å². The summed E-state index contributed by atoms with van der Waals surface area (Å²) in [6, 6.07) is 11.3. The van der Waals surface area contributed by atoms with Crippen molar-refractivity contribution in [1.82, 2.24) is 14.5 Å². The Kier molecular flexibility index (Phi) is 7.60. The number of nitrogens with zero attached hydrogens (tertiary/aromatic N) is 4. The number of aromatic nitrogens is 2. The molecule has 0 atom stereocenters. The van der Waals surface area contributed by atoms with Gasteiger partial charge in [0.25, 0.3) is 11.5 Å². The van der Waals surface area contributed by atoms with Crippen molar-refractivity contribution >= 4 is 29.1 Å². The van der Waals surface area contributed by atoms with Gasteiger partial charge < -0.3 is 9.80 Å². The number of carbonyl (C=O) groups excluding carboxylic acids is 1. The first-order chi connectivity index (χ1) is 17.6. The van der Waals surface area contributed by atoms with Gasteiger partial charge in [-0.2, -0.15) is 13.2 Å². The molecule has 0 bridgehead atoms. The summed E-state index contributed by atoms with van der Waals surface area (Å²) in [4.78, 5) is 34.7. The molecule has 0 saturated heterocycles. The fourth-order valence-corrected chi connectivity index (χ4v) is 4.35. The highest BCUT2D eigenvalue weighted by Crippen LogP contribution is 2.32. The van der Waals surface area contributed by atoms with Crippen LogP contribution in [-0.2, 0) is 25.7 Å². The second-order valence-electron chi connectivity index (χ2n) is 8.43. The lowest BCUT2D eigenvalue weighted by molar-refractivity contribution is -0.137. The summed E-state index contributed by atoms with van der Waals surface area (Å²) in [7, 11) is 0. The number of hydrogen-bond acceptors (Lipinski definition) is 4. The Hall–Kier alpha value is -3.77. The van der Waals surface area contributed by atoms with Crippen LogP contribution < -0.4 is 10.5 Å². The largest absolute Gasteiger partial charge is 0.416 e. The zero-order valence-corrected chi connectivity index (χ0v) is 21.0. The van der Waals surface area contributed by atoms with E-state index in [4.69, 9.17) is 16.6 Å². The van der Waals surface area contributed by atoms with Crippen LogP contribution in [0, 0.1) is 11.8 Å². The minimum Gasteiger partial charge on any atom is -0.334 e. The highest BCUT2D eigenvalue weighted by molar-refractivity contribution is 6.30. The Balaban J connectivity index is 1.73. The third-order valence-corrected chi connectivity index (χ3v) is 6.40. The van der Waals surface area contributed by atoms with Crippen LogP contribution in [0.5, 0.6) is 0 Å². The third-order valence-electron chi connectivity index (χ3n) is 6.15. The SMILES string of the molecule is CC#CCn1c(N(CC)c2ccc(C(F)(F)F)cc2)nc2c(c1=O)CN(C(=O)c1ccc(Cl)cc1)CC2. The Morgan fingerprint density at radius 1 is 1.14 bits per heavy atom. The molecule has 1 aliphatic heterocycles. The number of halogens is 4. The van der Waals surface area contributed by atoms with Crippen LogP contribution in [0.25, 0.3) is 0 Å². The quantitative estimate of drug-likeness (QED) is 0.422. The van der Waals surface area contributed by atoms with Gasteiger partial charge in [-0.15, -0.1) is 5.92 Å². The van der Waals surface area contributed by atoms with Gasteiger partial charge in [0.2, 0.25) is 5.95 Å². The predicted molar refractivity (Wildman–Crippen MR) is 136 cm³/mol. The van der Waals surface area contributed by atoms with Gasteiger partial charge in [0, 0.05) is 35.8 Å². The van der Waals surface area contributed by atoms with Crippen molar-refractivity contribution in [3.63, 3.8) is 0 Å². The number of rotatable bonds is 5. The van der Waals surface area contributed by atoms with E-state index in [0.29, 0.717) is 53.0 Å². The third kappa shape index (κ3) is 5.49. The molecular formula is C27H24ClF3N4O2. The lowest BCUT2D eigenvalue weighted by atomic mass is 10.1. The Morgan fingerprint density at radius 3 is 2.41 bits per heavy atom. The molecule has 1 aromatic heterocycles. The standard InChI is InChI=1S/C27H24ClF3N4O2/c1-3-5-15-35-25(37)22-17-33(24(36)18-6-10-20(28)11-7-18)16-14-23(22)32-26(35)34(4-2)21-12-8-19(9-13-21)27(29,30)31/h6-13H,4,14-17H2,1-2H3. The second kappa shape index (κ2) is 10.7. The molecule has 1 amide bonds. The molecule has 0 radical (unpaired) electrons. The molecule has 0 fully saturated rings. The molecule has 2 heterocycles. The normalized spacial score (nSPS) is 13.0. The zero-order chi connectivity index (χ0) is 26.7. The fourth-order valence-electron chi connectivity index (χ4n) is 4.23. The topological polar surface area (TPSA) is 58.4 Å². The van der Waals surface area contributed by atoms with E-state index >= 15 is 0 Å². The number of benzene rings is 2. The number of anilines is 2. The maximum absolute atomic E-state index is 13.7. The molecule has 37 heavy (non-hydrogen) atoms. The van der Waals surface area contributed by atoms with Crippen LogP contribution in [0.1, 0.15) is 41.0 Å². The highest BCUT2D eigenvalue weighted by atomic mass is 35.5. The molecule has 0 aliphatic carbocycles.